The van der Waals surface area contributed by atoms with Crippen molar-refractivity contribution in [2.75, 3.05) is 0 Å². The highest BCUT2D eigenvalue weighted by Crippen LogP contribution is 2.46. The zero-order valence-electron chi connectivity index (χ0n) is 9.15. The van der Waals surface area contributed by atoms with Crippen LogP contribution in [0.5, 0.6) is 0 Å². The molecule has 0 radical (unpaired) electrons. The average molecular weight is 201 g/mol. The molecule has 1 fully saturated rings. The molecule has 1 atom stereocenters. The Morgan fingerprint density at radius 2 is 2.00 bits per heavy atom. The van der Waals surface area contributed by atoms with E-state index in [2.05, 4.69) is 36.9 Å². The monoisotopic (exact) mass is 201 g/mol. The summed E-state index contributed by atoms with van der Waals surface area (Å²) in [6.45, 7) is 3.79. The molecular formula is C14H19N. The van der Waals surface area contributed by atoms with Crippen LogP contribution in [0.25, 0.3) is 0 Å². The van der Waals surface area contributed by atoms with Crippen molar-refractivity contribution >= 4 is 0 Å². The first-order chi connectivity index (χ1) is 7.29. The summed E-state index contributed by atoms with van der Waals surface area (Å²) in [5, 5.41) is 0. The van der Waals surface area contributed by atoms with Crippen LogP contribution in [0.4, 0.5) is 0 Å². The van der Waals surface area contributed by atoms with Crippen molar-refractivity contribution in [3.8, 4) is 0 Å². The van der Waals surface area contributed by atoms with Crippen LogP contribution in [-0.2, 0) is 5.41 Å². The Morgan fingerprint density at radius 3 is 2.47 bits per heavy atom. The Balaban J connectivity index is 2.25. The molecule has 0 heterocycles. The Bertz CT molecular complexity index is 324. The van der Waals surface area contributed by atoms with Crippen LogP contribution in [-0.4, -0.2) is 6.04 Å². The van der Waals surface area contributed by atoms with Crippen LogP contribution in [0.3, 0.4) is 0 Å². The number of hydrogen-bond acceptors (Lipinski definition) is 1. The maximum absolute atomic E-state index is 6.29. The summed E-state index contributed by atoms with van der Waals surface area (Å²) in [5.74, 6) is 0. The molecule has 0 bridgehead atoms. The van der Waals surface area contributed by atoms with Gasteiger partial charge < -0.3 is 5.73 Å². The van der Waals surface area contributed by atoms with Gasteiger partial charge in [-0.2, -0.15) is 0 Å². The van der Waals surface area contributed by atoms with Gasteiger partial charge in [0.1, 0.15) is 0 Å². The predicted octanol–water partition coefficient (Wildman–Crippen LogP) is 3.01. The van der Waals surface area contributed by atoms with E-state index in [0.717, 1.165) is 6.42 Å². The first-order valence-corrected chi connectivity index (χ1v) is 5.71. The van der Waals surface area contributed by atoms with E-state index in [4.69, 9.17) is 5.73 Å². The second-order valence-electron chi connectivity index (χ2n) is 4.51. The molecule has 80 valence electrons. The Kier molecular flexibility index (Phi) is 2.92. The first-order valence-electron chi connectivity index (χ1n) is 5.71. The lowest BCUT2D eigenvalue weighted by Gasteiger charge is -2.47. The Labute approximate surface area is 92.0 Å². The topological polar surface area (TPSA) is 26.0 Å². The van der Waals surface area contributed by atoms with E-state index < -0.39 is 0 Å². The van der Waals surface area contributed by atoms with Gasteiger partial charge in [-0.05, 0) is 24.8 Å². The second-order valence-corrected chi connectivity index (χ2v) is 4.51. The lowest BCUT2D eigenvalue weighted by molar-refractivity contribution is 0.196. The fraction of sp³-hybridized carbons (Fsp3) is 0.429. The molecular weight excluding hydrogens is 182 g/mol. The molecule has 0 aliphatic heterocycles. The molecule has 1 aromatic rings. The molecule has 1 saturated carbocycles. The molecule has 0 amide bonds. The van der Waals surface area contributed by atoms with E-state index in [-0.39, 0.29) is 11.5 Å². The maximum Gasteiger partial charge on any atom is 0.0171 e. The lowest BCUT2D eigenvalue weighted by Crippen LogP contribution is -2.50. The standard InChI is InChI=1S/C14H19N/c1-2-7-13(15)14(10-6-11-14)12-8-4-3-5-9-12/h2-5,8-9,13H,1,6-7,10-11,15H2. The van der Waals surface area contributed by atoms with E-state index in [9.17, 15) is 0 Å². The van der Waals surface area contributed by atoms with E-state index in [1.165, 1.54) is 24.8 Å². The third-order valence-corrected chi connectivity index (χ3v) is 3.72. The van der Waals surface area contributed by atoms with Crippen LogP contribution in [0.2, 0.25) is 0 Å². The molecule has 1 unspecified atom stereocenters. The molecule has 2 rings (SSSR count). The summed E-state index contributed by atoms with van der Waals surface area (Å²) in [5.41, 5.74) is 7.92. The highest BCUT2D eigenvalue weighted by molar-refractivity contribution is 5.30. The van der Waals surface area contributed by atoms with Gasteiger partial charge in [0, 0.05) is 11.5 Å². The third kappa shape index (κ3) is 1.72. The van der Waals surface area contributed by atoms with Crippen molar-refractivity contribution in [3.63, 3.8) is 0 Å². The molecule has 1 aliphatic rings. The van der Waals surface area contributed by atoms with E-state index in [1.807, 2.05) is 6.08 Å². The van der Waals surface area contributed by atoms with Crippen molar-refractivity contribution in [3.05, 3.63) is 48.6 Å². The molecule has 15 heavy (non-hydrogen) atoms. The quantitative estimate of drug-likeness (QED) is 0.744. The summed E-state index contributed by atoms with van der Waals surface area (Å²) < 4.78 is 0. The van der Waals surface area contributed by atoms with Crippen LogP contribution >= 0.6 is 0 Å². The van der Waals surface area contributed by atoms with Gasteiger partial charge in [-0.3, -0.25) is 0 Å². The summed E-state index contributed by atoms with van der Waals surface area (Å²) in [7, 11) is 0. The van der Waals surface area contributed by atoms with E-state index >= 15 is 0 Å². The molecule has 0 spiro atoms. The van der Waals surface area contributed by atoms with Crippen LogP contribution in [0.15, 0.2) is 43.0 Å². The summed E-state index contributed by atoms with van der Waals surface area (Å²) in [6.07, 6.45) is 6.61. The minimum Gasteiger partial charge on any atom is -0.327 e. The average Bonchev–Trinajstić information content (AvgIpc) is 2.18. The summed E-state index contributed by atoms with van der Waals surface area (Å²) in [4.78, 5) is 0. The van der Waals surface area contributed by atoms with Crippen molar-refractivity contribution in [2.24, 2.45) is 5.73 Å². The summed E-state index contributed by atoms with van der Waals surface area (Å²) >= 11 is 0. The van der Waals surface area contributed by atoms with Crippen LogP contribution in [0, 0.1) is 0 Å². The van der Waals surface area contributed by atoms with Gasteiger partial charge in [0.2, 0.25) is 0 Å². The lowest BCUT2D eigenvalue weighted by atomic mass is 9.60. The van der Waals surface area contributed by atoms with Crippen molar-refractivity contribution in [2.45, 2.75) is 37.1 Å². The smallest absolute Gasteiger partial charge is 0.0171 e. The zero-order valence-corrected chi connectivity index (χ0v) is 9.15. The highest BCUT2D eigenvalue weighted by Gasteiger charge is 2.42. The first kappa shape index (κ1) is 10.4. The van der Waals surface area contributed by atoms with Gasteiger partial charge >= 0.3 is 0 Å². The van der Waals surface area contributed by atoms with Gasteiger partial charge in [-0.25, -0.2) is 0 Å². The number of rotatable bonds is 4. The van der Waals surface area contributed by atoms with Gasteiger partial charge in [0.05, 0.1) is 0 Å². The molecule has 0 saturated heterocycles. The number of benzene rings is 1. The molecule has 1 nitrogen and oxygen atoms in total. The molecule has 0 aromatic heterocycles. The number of hydrogen-bond donors (Lipinski definition) is 1. The predicted molar refractivity (Wildman–Crippen MR) is 64.8 cm³/mol. The minimum atomic E-state index is 0.228. The SMILES string of the molecule is C=CCC(N)C1(c2ccccc2)CCC1. The molecule has 2 N–H and O–H groups in total. The second kappa shape index (κ2) is 4.19. The normalized spacial score (nSPS) is 20.3. The van der Waals surface area contributed by atoms with Crippen LogP contribution in [0.1, 0.15) is 31.2 Å². The molecule has 1 aromatic carbocycles. The van der Waals surface area contributed by atoms with Gasteiger partial charge in [-0.15, -0.1) is 6.58 Å². The van der Waals surface area contributed by atoms with Gasteiger partial charge in [0.25, 0.3) is 0 Å². The largest absolute Gasteiger partial charge is 0.327 e. The van der Waals surface area contributed by atoms with Crippen LogP contribution < -0.4 is 5.73 Å². The van der Waals surface area contributed by atoms with Crippen molar-refractivity contribution in [1.82, 2.24) is 0 Å². The fourth-order valence-electron chi connectivity index (χ4n) is 2.61. The Hall–Kier alpha value is -1.08. The van der Waals surface area contributed by atoms with Crippen molar-refractivity contribution in [1.29, 1.82) is 0 Å². The molecule has 1 aliphatic carbocycles. The zero-order chi connectivity index (χ0) is 10.7. The Morgan fingerprint density at radius 1 is 1.33 bits per heavy atom. The fourth-order valence-corrected chi connectivity index (χ4v) is 2.61. The van der Waals surface area contributed by atoms with Gasteiger partial charge in [-0.1, -0.05) is 42.8 Å². The summed E-state index contributed by atoms with van der Waals surface area (Å²) in [6, 6.07) is 10.9. The van der Waals surface area contributed by atoms with Gasteiger partial charge in [0.15, 0.2) is 0 Å². The van der Waals surface area contributed by atoms with Crippen molar-refractivity contribution < 1.29 is 0 Å². The van der Waals surface area contributed by atoms with E-state index in [1.54, 1.807) is 0 Å². The minimum absolute atomic E-state index is 0.228. The van der Waals surface area contributed by atoms with E-state index in [0.29, 0.717) is 0 Å². The number of nitrogens with two attached hydrogens (primary N) is 1. The molecule has 1 heteroatoms. The third-order valence-electron chi connectivity index (χ3n) is 3.72. The maximum atomic E-state index is 6.29. The highest BCUT2D eigenvalue weighted by atomic mass is 14.7.